The Morgan fingerprint density at radius 1 is 1.53 bits per heavy atom. The van der Waals surface area contributed by atoms with Crippen LogP contribution in [-0.2, 0) is 11.2 Å². The van der Waals surface area contributed by atoms with E-state index >= 15 is 0 Å². The Morgan fingerprint density at radius 3 is 2.93 bits per heavy atom. The van der Waals surface area contributed by atoms with Gasteiger partial charge in [0.15, 0.2) is 0 Å². The van der Waals surface area contributed by atoms with Gasteiger partial charge < -0.3 is 5.32 Å². The van der Waals surface area contributed by atoms with Crippen molar-refractivity contribution in [2.45, 2.75) is 12.8 Å². The summed E-state index contributed by atoms with van der Waals surface area (Å²) in [5.74, 6) is 0.0150. The topological polar surface area (TPSA) is 42.0 Å². The summed E-state index contributed by atoms with van der Waals surface area (Å²) in [5, 5.41) is 2.74. The predicted octanol–water partition coefficient (Wildman–Crippen LogP) is 2.04. The minimum Gasteiger partial charge on any atom is -0.352 e. The van der Waals surface area contributed by atoms with Crippen molar-refractivity contribution in [1.29, 1.82) is 0 Å². The van der Waals surface area contributed by atoms with E-state index in [1.54, 1.807) is 6.20 Å². The molecule has 0 saturated heterocycles. The highest BCUT2D eigenvalue weighted by molar-refractivity contribution is 9.11. The average molecular weight is 269 g/mol. The Kier molecular flexibility index (Phi) is 5.04. The van der Waals surface area contributed by atoms with Crippen LogP contribution in [0.5, 0.6) is 0 Å². The van der Waals surface area contributed by atoms with Gasteiger partial charge in [-0.25, -0.2) is 0 Å². The molecule has 0 bridgehead atoms. The van der Waals surface area contributed by atoms with Crippen LogP contribution in [0.15, 0.2) is 35.5 Å². The summed E-state index contributed by atoms with van der Waals surface area (Å²) in [4.78, 5) is 15.5. The molecule has 1 heterocycles. The van der Waals surface area contributed by atoms with Crippen molar-refractivity contribution < 1.29 is 4.79 Å². The van der Waals surface area contributed by atoms with Crippen LogP contribution in [0.3, 0.4) is 0 Å². The molecule has 4 heteroatoms. The minimum atomic E-state index is 0.0150. The molecule has 0 spiro atoms. The summed E-state index contributed by atoms with van der Waals surface area (Å²) in [6, 6.07) is 5.69. The third-order valence-electron chi connectivity index (χ3n) is 1.81. The maximum atomic E-state index is 11.3. The number of amides is 1. The van der Waals surface area contributed by atoms with Crippen molar-refractivity contribution in [3.63, 3.8) is 0 Å². The first-order chi connectivity index (χ1) is 7.18. The molecular formula is C11H13BrN2O. The molecular weight excluding hydrogens is 256 g/mol. The second kappa shape index (κ2) is 6.35. The first kappa shape index (κ1) is 11.9. The van der Waals surface area contributed by atoms with E-state index in [2.05, 4.69) is 32.8 Å². The van der Waals surface area contributed by atoms with E-state index in [9.17, 15) is 4.79 Å². The van der Waals surface area contributed by atoms with Crippen LogP contribution in [0, 0.1) is 0 Å². The van der Waals surface area contributed by atoms with Crippen molar-refractivity contribution in [1.82, 2.24) is 10.3 Å². The van der Waals surface area contributed by atoms with Crippen LogP contribution < -0.4 is 5.32 Å². The third-order valence-corrected chi connectivity index (χ3v) is 2.09. The normalized spacial score (nSPS) is 9.67. The number of carbonyl (C=O) groups excluding carboxylic acids is 1. The molecule has 15 heavy (non-hydrogen) atoms. The largest absolute Gasteiger partial charge is 0.352 e. The zero-order chi connectivity index (χ0) is 11.1. The van der Waals surface area contributed by atoms with Gasteiger partial charge in [0.05, 0.1) is 0 Å². The molecule has 1 rings (SSSR count). The van der Waals surface area contributed by atoms with Gasteiger partial charge in [-0.1, -0.05) is 28.6 Å². The highest BCUT2D eigenvalue weighted by Crippen LogP contribution is 2.00. The lowest BCUT2D eigenvalue weighted by atomic mass is 10.2. The van der Waals surface area contributed by atoms with Crippen LogP contribution in [0.4, 0.5) is 0 Å². The van der Waals surface area contributed by atoms with Crippen molar-refractivity contribution in [2.75, 3.05) is 6.54 Å². The predicted molar refractivity (Wildman–Crippen MR) is 63.6 cm³/mol. The molecule has 0 saturated carbocycles. The molecule has 0 unspecified atom stereocenters. The van der Waals surface area contributed by atoms with E-state index in [-0.39, 0.29) is 5.91 Å². The average Bonchev–Trinajstić information content (AvgIpc) is 2.25. The number of aryl methyl sites for hydroxylation is 1. The molecule has 0 aromatic carbocycles. The lowest BCUT2D eigenvalue weighted by molar-refractivity contribution is -0.120. The minimum absolute atomic E-state index is 0.0150. The van der Waals surface area contributed by atoms with E-state index < -0.39 is 0 Å². The lowest BCUT2D eigenvalue weighted by Crippen LogP contribution is -2.24. The van der Waals surface area contributed by atoms with Crippen LogP contribution in [0.1, 0.15) is 12.1 Å². The quantitative estimate of drug-likeness (QED) is 0.888. The summed E-state index contributed by atoms with van der Waals surface area (Å²) in [7, 11) is 0. The lowest BCUT2D eigenvalue weighted by Gasteiger charge is -2.03. The van der Waals surface area contributed by atoms with Crippen LogP contribution in [0.2, 0.25) is 0 Å². The molecule has 0 fully saturated rings. The molecule has 0 radical (unpaired) electrons. The van der Waals surface area contributed by atoms with Gasteiger partial charge in [-0.15, -0.1) is 0 Å². The molecule has 1 aromatic heterocycles. The van der Waals surface area contributed by atoms with Gasteiger partial charge >= 0.3 is 0 Å². The first-order valence-electron chi connectivity index (χ1n) is 4.68. The number of halogens is 1. The highest BCUT2D eigenvalue weighted by atomic mass is 79.9. The van der Waals surface area contributed by atoms with Crippen molar-refractivity contribution >= 4 is 21.8 Å². The van der Waals surface area contributed by atoms with Gasteiger partial charge in [-0.05, 0) is 18.6 Å². The molecule has 1 N–H and O–H groups in total. The second-order valence-electron chi connectivity index (χ2n) is 3.12. The summed E-state index contributed by atoms with van der Waals surface area (Å²) in [6.45, 7) is 4.11. The smallest absolute Gasteiger partial charge is 0.220 e. The Bertz CT molecular complexity index is 338. The fourth-order valence-electron chi connectivity index (χ4n) is 1.07. The third kappa shape index (κ3) is 5.32. The Labute approximate surface area is 97.7 Å². The molecule has 80 valence electrons. The fourth-order valence-corrected chi connectivity index (χ4v) is 1.21. The van der Waals surface area contributed by atoms with E-state index in [0.29, 0.717) is 19.4 Å². The zero-order valence-electron chi connectivity index (χ0n) is 8.37. The molecule has 0 aliphatic carbocycles. The van der Waals surface area contributed by atoms with Crippen LogP contribution in [0.25, 0.3) is 0 Å². The number of pyridine rings is 1. The van der Waals surface area contributed by atoms with Gasteiger partial charge in [0.1, 0.15) is 0 Å². The number of aromatic nitrogens is 1. The number of nitrogens with zero attached hydrogens (tertiary/aromatic N) is 1. The number of hydrogen-bond acceptors (Lipinski definition) is 2. The molecule has 0 atom stereocenters. The van der Waals surface area contributed by atoms with Gasteiger partial charge in [0, 0.05) is 29.3 Å². The summed E-state index contributed by atoms with van der Waals surface area (Å²) in [6.07, 6.45) is 2.85. The standard InChI is InChI=1S/C11H13BrN2O/c1-9(12)8-14-11(15)6-5-10-4-2-3-7-13-10/h2-4,7H,1,5-6,8H2,(H,14,15). The number of nitrogens with one attached hydrogen (secondary N) is 1. The number of hydrogen-bond donors (Lipinski definition) is 1. The van der Waals surface area contributed by atoms with Gasteiger partial charge in [0.25, 0.3) is 0 Å². The first-order valence-corrected chi connectivity index (χ1v) is 5.47. The monoisotopic (exact) mass is 268 g/mol. The Hall–Kier alpha value is -1.16. The fraction of sp³-hybridized carbons (Fsp3) is 0.273. The van der Waals surface area contributed by atoms with Crippen molar-refractivity contribution in [3.8, 4) is 0 Å². The van der Waals surface area contributed by atoms with Crippen LogP contribution >= 0.6 is 15.9 Å². The molecule has 3 nitrogen and oxygen atoms in total. The van der Waals surface area contributed by atoms with E-state index in [1.165, 1.54) is 0 Å². The molecule has 0 aliphatic rings. The van der Waals surface area contributed by atoms with Gasteiger partial charge in [-0.3, -0.25) is 9.78 Å². The maximum absolute atomic E-state index is 11.3. The SMILES string of the molecule is C=C(Br)CNC(=O)CCc1ccccn1. The Balaban J connectivity index is 2.26. The van der Waals surface area contributed by atoms with Crippen molar-refractivity contribution in [3.05, 3.63) is 41.2 Å². The van der Waals surface area contributed by atoms with Crippen LogP contribution in [-0.4, -0.2) is 17.4 Å². The summed E-state index contributed by atoms with van der Waals surface area (Å²) < 4.78 is 0.772. The molecule has 1 amide bonds. The second-order valence-corrected chi connectivity index (χ2v) is 4.24. The Morgan fingerprint density at radius 2 is 2.33 bits per heavy atom. The number of carbonyl (C=O) groups is 1. The summed E-state index contributed by atoms with van der Waals surface area (Å²) >= 11 is 3.18. The molecule has 0 aliphatic heterocycles. The molecule has 1 aromatic rings. The highest BCUT2D eigenvalue weighted by Gasteiger charge is 2.01. The van der Waals surface area contributed by atoms with Crippen molar-refractivity contribution in [2.24, 2.45) is 0 Å². The number of rotatable bonds is 5. The van der Waals surface area contributed by atoms with Gasteiger partial charge in [-0.2, -0.15) is 0 Å². The van der Waals surface area contributed by atoms with E-state index in [1.807, 2.05) is 18.2 Å². The van der Waals surface area contributed by atoms with E-state index in [0.717, 1.165) is 10.2 Å². The summed E-state index contributed by atoms with van der Waals surface area (Å²) in [5.41, 5.74) is 0.935. The maximum Gasteiger partial charge on any atom is 0.220 e. The van der Waals surface area contributed by atoms with E-state index in [4.69, 9.17) is 0 Å². The zero-order valence-corrected chi connectivity index (χ0v) is 9.96. The van der Waals surface area contributed by atoms with Gasteiger partial charge in [0.2, 0.25) is 5.91 Å².